The molecule has 0 bridgehead atoms. The normalized spacial score (nSPS) is 19.8. The molecule has 0 amide bonds. The molecule has 1 N–H and O–H groups in total. The van der Waals surface area contributed by atoms with E-state index in [4.69, 9.17) is 4.74 Å². The monoisotopic (exact) mass is 295 g/mol. The topological polar surface area (TPSA) is 21.3 Å². The Hall–Kier alpha value is -0.290. The number of hydrogen-bond donors (Lipinski definition) is 1. The maximum absolute atomic E-state index is 12.2. The van der Waals surface area contributed by atoms with Crippen molar-refractivity contribution < 1.29 is 17.9 Å². The zero-order valence-corrected chi connectivity index (χ0v) is 12.5. The zero-order chi connectivity index (χ0) is 14.9. The second kappa shape index (κ2) is 8.88. The summed E-state index contributed by atoms with van der Waals surface area (Å²) in [4.78, 5) is 0. The molecule has 1 rings (SSSR count). The van der Waals surface area contributed by atoms with Crippen molar-refractivity contribution in [3.8, 4) is 0 Å². The SMILES string of the molecule is CCCNCC1(OCCCC(F)(F)F)CCCCCC1. The fourth-order valence-corrected chi connectivity index (χ4v) is 2.80. The lowest BCUT2D eigenvalue weighted by Gasteiger charge is -2.33. The van der Waals surface area contributed by atoms with Crippen LogP contribution in [0.2, 0.25) is 0 Å². The van der Waals surface area contributed by atoms with E-state index < -0.39 is 12.6 Å². The fourth-order valence-electron chi connectivity index (χ4n) is 2.80. The summed E-state index contributed by atoms with van der Waals surface area (Å²) >= 11 is 0. The highest BCUT2D eigenvalue weighted by Gasteiger charge is 2.32. The summed E-state index contributed by atoms with van der Waals surface area (Å²) in [6.45, 7) is 4.03. The molecule has 0 saturated heterocycles. The molecule has 0 spiro atoms. The van der Waals surface area contributed by atoms with E-state index in [0.29, 0.717) is 0 Å². The summed E-state index contributed by atoms with van der Waals surface area (Å²) in [5.41, 5.74) is -0.239. The number of rotatable bonds is 8. The molecule has 1 aliphatic rings. The van der Waals surface area contributed by atoms with Crippen molar-refractivity contribution in [3.63, 3.8) is 0 Å². The average molecular weight is 295 g/mol. The van der Waals surface area contributed by atoms with Crippen LogP contribution in [0, 0.1) is 0 Å². The lowest BCUT2D eigenvalue weighted by Crippen LogP contribution is -2.43. The molecule has 0 unspecified atom stereocenters. The Balaban J connectivity index is 2.40. The van der Waals surface area contributed by atoms with Crippen LogP contribution in [0.15, 0.2) is 0 Å². The zero-order valence-electron chi connectivity index (χ0n) is 12.5. The van der Waals surface area contributed by atoms with E-state index in [1.54, 1.807) is 0 Å². The highest BCUT2D eigenvalue weighted by molar-refractivity contribution is 4.85. The van der Waals surface area contributed by atoms with Crippen LogP contribution in [0.5, 0.6) is 0 Å². The Kier molecular flexibility index (Phi) is 7.88. The van der Waals surface area contributed by atoms with Crippen LogP contribution in [-0.2, 0) is 4.74 Å². The van der Waals surface area contributed by atoms with Gasteiger partial charge in [0.25, 0.3) is 0 Å². The Morgan fingerprint density at radius 1 is 1.10 bits per heavy atom. The van der Waals surface area contributed by atoms with Crippen molar-refractivity contribution >= 4 is 0 Å². The number of hydrogen-bond acceptors (Lipinski definition) is 2. The first-order valence-electron chi connectivity index (χ1n) is 7.89. The van der Waals surface area contributed by atoms with Crippen molar-refractivity contribution in [1.29, 1.82) is 0 Å². The van der Waals surface area contributed by atoms with Gasteiger partial charge in [0.15, 0.2) is 0 Å². The maximum Gasteiger partial charge on any atom is 0.389 e. The summed E-state index contributed by atoms with van der Waals surface area (Å²) in [5, 5.41) is 3.38. The standard InChI is InChI=1S/C15H28F3NO/c1-2-11-19-13-14(8-5-3-4-6-9-14)20-12-7-10-15(16,17)18/h19H,2-13H2,1H3. The third-order valence-corrected chi connectivity index (χ3v) is 3.90. The molecule has 1 fully saturated rings. The van der Waals surface area contributed by atoms with Crippen molar-refractivity contribution in [1.82, 2.24) is 5.32 Å². The fraction of sp³-hybridized carbons (Fsp3) is 1.00. The molecular formula is C15H28F3NO. The van der Waals surface area contributed by atoms with Gasteiger partial charge >= 0.3 is 6.18 Å². The molecule has 5 heteroatoms. The number of halogens is 3. The molecule has 2 nitrogen and oxygen atoms in total. The largest absolute Gasteiger partial charge is 0.389 e. The van der Waals surface area contributed by atoms with Crippen molar-refractivity contribution in [2.75, 3.05) is 19.7 Å². The van der Waals surface area contributed by atoms with E-state index in [0.717, 1.165) is 45.2 Å². The van der Waals surface area contributed by atoms with Crippen LogP contribution >= 0.6 is 0 Å². The van der Waals surface area contributed by atoms with Crippen LogP contribution < -0.4 is 5.32 Å². The smallest absolute Gasteiger partial charge is 0.374 e. The summed E-state index contributed by atoms with van der Waals surface area (Å²) < 4.78 is 42.4. The molecule has 20 heavy (non-hydrogen) atoms. The van der Waals surface area contributed by atoms with Gasteiger partial charge in [-0.2, -0.15) is 13.2 Å². The first-order valence-corrected chi connectivity index (χ1v) is 7.89. The van der Waals surface area contributed by atoms with E-state index in [2.05, 4.69) is 12.2 Å². The average Bonchev–Trinajstić information content (AvgIpc) is 2.60. The molecule has 1 saturated carbocycles. The second-order valence-corrected chi connectivity index (χ2v) is 5.84. The molecule has 0 aromatic heterocycles. The van der Waals surface area contributed by atoms with Crippen LogP contribution in [0.4, 0.5) is 13.2 Å². The molecule has 0 aromatic carbocycles. The Morgan fingerprint density at radius 2 is 1.75 bits per heavy atom. The molecule has 1 aliphatic carbocycles. The number of nitrogens with one attached hydrogen (secondary N) is 1. The summed E-state index contributed by atoms with van der Waals surface area (Å²) in [6, 6.07) is 0. The van der Waals surface area contributed by atoms with Crippen LogP contribution in [0.25, 0.3) is 0 Å². The molecule has 0 aromatic rings. The van der Waals surface area contributed by atoms with E-state index in [9.17, 15) is 13.2 Å². The highest BCUT2D eigenvalue weighted by Crippen LogP contribution is 2.31. The first kappa shape index (κ1) is 17.8. The van der Waals surface area contributed by atoms with Crippen molar-refractivity contribution in [2.45, 2.75) is 76.5 Å². The minimum absolute atomic E-state index is 0.0685. The van der Waals surface area contributed by atoms with Crippen molar-refractivity contribution in [2.24, 2.45) is 0 Å². The quantitative estimate of drug-likeness (QED) is 0.528. The second-order valence-electron chi connectivity index (χ2n) is 5.84. The Labute approximate surface area is 120 Å². The van der Waals surface area contributed by atoms with E-state index in [1.165, 1.54) is 12.8 Å². The van der Waals surface area contributed by atoms with Gasteiger partial charge in [0.2, 0.25) is 0 Å². The summed E-state index contributed by atoms with van der Waals surface area (Å²) in [6.07, 6.45) is 2.91. The summed E-state index contributed by atoms with van der Waals surface area (Å²) in [5.74, 6) is 0. The van der Waals surface area contributed by atoms with Crippen molar-refractivity contribution in [3.05, 3.63) is 0 Å². The van der Waals surface area contributed by atoms with Gasteiger partial charge in [-0.15, -0.1) is 0 Å². The Morgan fingerprint density at radius 3 is 2.30 bits per heavy atom. The van der Waals surface area contributed by atoms with Crippen LogP contribution in [-0.4, -0.2) is 31.5 Å². The van der Waals surface area contributed by atoms with Gasteiger partial charge < -0.3 is 10.1 Å². The minimum atomic E-state index is -4.07. The third-order valence-electron chi connectivity index (χ3n) is 3.90. The molecule has 0 radical (unpaired) electrons. The minimum Gasteiger partial charge on any atom is -0.374 e. The molecule has 0 heterocycles. The summed E-state index contributed by atoms with van der Waals surface area (Å²) in [7, 11) is 0. The van der Waals surface area contributed by atoms with E-state index in [1.807, 2.05) is 0 Å². The molecular weight excluding hydrogens is 267 g/mol. The number of alkyl halides is 3. The van der Waals surface area contributed by atoms with Gasteiger partial charge in [-0.3, -0.25) is 0 Å². The highest BCUT2D eigenvalue weighted by atomic mass is 19.4. The predicted octanol–water partition coefficient (Wildman–Crippen LogP) is 4.44. The van der Waals surface area contributed by atoms with Gasteiger partial charge in [-0.25, -0.2) is 0 Å². The third kappa shape index (κ3) is 7.48. The van der Waals surface area contributed by atoms with Crippen LogP contribution in [0.1, 0.15) is 64.7 Å². The van der Waals surface area contributed by atoms with E-state index >= 15 is 0 Å². The van der Waals surface area contributed by atoms with Gasteiger partial charge in [-0.05, 0) is 32.2 Å². The molecule has 0 aliphatic heterocycles. The van der Waals surface area contributed by atoms with E-state index in [-0.39, 0.29) is 18.6 Å². The Bertz CT molecular complexity index is 248. The molecule has 0 atom stereocenters. The maximum atomic E-state index is 12.2. The lowest BCUT2D eigenvalue weighted by atomic mass is 9.94. The van der Waals surface area contributed by atoms with Gasteiger partial charge in [0.1, 0.15) is 0 Å². The predicted molar refractivity (Wildman–Crippen MR) is 74.8 cm³/mol. The molecule has 120 valence electrons. The van der Waals surface area contributed by atoms with Crippen LogP contribution in [0.3, 0.4) is 0 Å². The lowest BCUT2D eigenvalue weighted by molar-refractivity contribution is -0.142. The van der Waals surface area contributed by atoms with Gasteiger partial charge in [0.05, 0.1) is 5.60 Å². The number of ether oxygens (including phenoxy) is 1. The first-order chi connectivity index (χ1) is 9.47. The van der Waals surface area contributed by atoms with Gasteiger partial charge in [0, 0.05) is 19.6 Å². The van der Waals surface area contributed by atoms with Gasteiger partial charge in [-0.1, -0.05) is 32.6 Å².